The molecular formula is C30H38O8. The molecule has 0 aliphatic carbocycles. The molecule has 206 valence electrons. The molecule has 0 spiro atoms. The maximum absolute atomic E-state index is 11.4. The van der Waals surface area contributed by atoms with Crippen LogP contribution >= 0.6 is 0 Å². The Labute approximate surface area is 224 Å². The Kier molecular flexibility index (Phi) is 11.6. The van der Waals surface area contributed by atoms with E-state index in [0.29, 0.717) is 11.5 Å². The van der Waals surface area contributed by atoms with Crippen LogP contribution in [0.1, 0.15) is 38.8 Å². The second kappa shape index (κ2) is 14.4. The van der Waals surface area contributed by atoms with E-state index >= 15 is 0 Å². The van der Waals surface area contributed by atoms with Crippen molar-refractivity contribution in [2.45, 2.75) is 51.7 Å². The maximum Gasteiger partial charge on any atom is 0.333 e. The van der Waals surface area contributed by atoms with Gasteiger partial charge in [-0.3, -0.25) is 0 Å². The van der Waals surface area contributed by atoms with Crippen molar-refractivity contribution in [1.82, 2.24) is 0 Å². The van der Waals surface area contributed by atoms with Crippen molar-refractivity contribution < 1.29 is 38.7 Å². The van der Waals surface area contributed by atoms with Gasteiger partial charge < -0.3 is 29.2 Å². The van der Waals surface area contributed by atoms with Crippen molar-refractivity contribution in [3.05, 3.63) is 84.0 Å². The first-order valence-corrected chi connectivity index (χ1v) is 12.3. The van der Waals surface area contributed by atoms with Crippen LogP contribution in [-0.4, -0.2) is 60.8 Å². The van der Waals surface area contributed by atoms with Gasteiger partial charge in [-0.2, -0.15) is 0 Å². The van der Waals surface area contributed by atoms with E-state index in [9.17, 15) is 19.8 Å². The number of benzene rings is 2. The van der Waals surface area contributed by atoms with Gasteiger partial charge in [-0.25, -0.2) is 9.59 Å². The van der Waals surface area contributed by atoms with Crippen molar-refractivity contribution in [2.75, 3.05) is 26.4 Å². The number of hydrogen-bond acceptors (Lipinski definition) is 8. The summed E-state index contributed by atoms with van der Waals surface area (Å²) < 4.78 is 21.1. The zero-order valence-corrected chi connectivity index (χ0v) is 22.6. The Morgan fingerprint density at radius 2 is 1.13 bits per heavy atom. The van der Waals surface area contributed by atoms with E-state index < -0.39 is 24.1 Å². The summed E-state index contributed by atoms with van der Waals surface area (Å²) in [6.07, 6.45) is -1.10. The SMILES string of the molecule is C=C(C)C(=O)OCC(O)COc1ccc(CC(C)(C)c2ccc(OCC(O)COC(=O)C(=C)C)cc2)cc1. The van der Waals surface area contributed by atoms with Gasteiger partial charge in [-0.15, -0.1) is 0 Å². The van der Waals surface area contributed by atoms with Crippen LogP contribution in [0.4, 0.5) is 0 Å². The summed E-state index contributed by atoms with van der Waals surface area (Å²) in [4.78, 5) is 22.8. The molecule has 8 nitrogen and oxygen atoms in total. The fourth-order valence-corrected chi connectivity index (χ4v) is 3.39. The highest BCUT2D eigenvalue weighted by Gasteiger charge is 2.21. The van der Waals surface area contributed by atoms with Crippen molar-refractivity contribution in [3.63, 3.8) is 0 Å². The highest BCUT2D eigenvalue weighted by Crippen LogP contribution is 2.30. The Morgan fingerprint density at radius 1 is 0.737 bits per heavy atom. The second-order valence-corrected chi connectivity index (χ2v) is 9.92. The van der Waals surface area contributed by atoms with E-state index in [0.717, 1.165) is 17.5 Å². The van der Waals surface area contributed by atoms with E-state index in [2.05, 4.69) is 27.0 Å². The standard InChI is InChI=1S/C30H38O8/c1-20(2)28(33)37-18-24(31)16-35-26-11-7-22(8-12-26)15-30(5,6)23-9-13-27(14-10-23)36-17-25(32)19-38-29(34)21(3)4/h7-14,24-25,31-32H,1,3,15-19H2,2,4-6H3. The van der Waals surface area contributed by atoms with Crippen LogP contribution in [0.3, 0.4) is 0 Å². The number of hydrogen-bond donors (Lipinski definition) is 2. The lowest BCUT2D eigenvalue weighted by Crippen LogP contribution is -2.25. The van der Waals surface area contributed by atoms with Crippen LogP contribution in [0.15, 0.2) is 72.8 Å². The van der Waals surface area contributed by atoms with Crippen molar-refractivity contribution in [2.24, 2.45) is 0 Å². The molecule has 38 heavy (non-hydrogen) atoms. The van der Waals surface area contributed by atoms with Crippen LogP contribution < -0.4 is 9.47 Å². The van der Waals surface area contributed by atoms with Gasteiger partial charge in [0.2, 0.25) is 0 Å². The van der Waals surface area contributed by atoms with Crippen LogP contribution in [0.25, 0.3) is 0 Å². The van der Waals surface area contributed by atoms with Gasteiger partial charge in [0.15, 0.2) is 0 Å². The Hall–Kier alpha value is -3.62. The quantitative estimate of drug-likeness (QED) is 0.265. The van der Waals surface area contributed by atoms with Gasteiger partial charge in [-0.1, -0.05) is 51.3 Å². The third kappa shape index (κ3) is 10.4. The lowest BCUT2D eigenvalue weighted by atomic mass is 9.79. The number of aliphatic hydroxyl groups is 2. The molecule has 0 heterocycles. The van der Waals surface area contributed by atoms with Crippen molar-refractivity contribution in [1.29, 1.82) is 0 Å². The van der Waals surface area contributed by atoms with Crippen LogP contribution in [0, 0.1) is 0 Å². The molecule has 2 rings (SSSR count). The molecule has 0 amide bonds. The van der Waals surface area contributed by atoms with Gasteiger partial charge in [0.25, 0.3) is 0 Å². The Morgan fingerprint density at radius 3 is 1.53 bits per heavy atom. The molecule has 0 saturated carbocycles. The predicted molar refractivity (Wildman–Crippen MR) is 144 cm³/mol. The smallest absolute Gasteiger partial charge is 0.333 e. The summed E-state index contributed by atoms with van der Waals surface area (Å²) in [7, 11) is 0. The van der Waals surface area contributed by atoms with Crippen molar-refractivity contribution in [3.8, 4) is 11.5 Å². The van der Waals surface area contributed by atoms with E-state index in [-0.39, 0.29) is 43.0 Å². The lowest BCUT2D eigenvalue weighted by Gasteiger charge is -2.26. The number of rotatable bonds is 15. The third-order valence-corrected chi connectivity index (χ3v) is 5.60. The highest BCUT2D eigenvalue weighted by atomic mass is 16.6. The molecule has 0 aliphatic heterocycles. The summed E-state index contributed by atoms with van der Waals surface area (Å²) >= 11 is 0. The second-order valence-electron chi connectivity index (χ2n) is 9.92. The number of ether oxygens (including phenoxy) is 4. The fourth-order valence-electron chi connectivity index (χ4n) is 3.39. The van der Waals surface area contributed by atoms with Crippen LogP contribution in [-0.2, 0) is 30.9 Å². The first-order valence-electron chi connectivity index (χ1n) is 12.3. The largest absolute Gasteiger partial charge is 0.491 e. The molecule has 0 aliphatic rings. The molecule has 0 fully saturated rings. The first kappa shape index (κ1) is 30.6. The molecule has 2 atom stereocenters. The normalized spacial score (nSPS) is 12.7. The van der Waals surface area contributed by atoms with Gasteiger partial charge in [0.05, 0.1) is 0 Å². The van der Waals surface area contributed by atoms with E-state index in [4.69, 9.17) is 18.9 Å². The summed E-state index contributed by atoms with van der Waals surface area (Å²) in [5.74, 6) is 0.119. The van der Waals surface area contributed by atoms with Gasteiger partial charge in [0.1, 0.15) is 50.1 Å². The monoisotopic (exact) mass is 526 g/mol. The van der Waals surface area contributed by atoms with E-state index in [1.807, 2.05) is 48.5 Å². The molecule has 0 saturated heterocycles. The number of aliphatic hydroxyl groups excluding tert-OH is 2. The van der Waals surface area contributed by atoms with Crippen LogP contribution in [0.2, 0.25) is 0 Å². The minimum atomic E-state index is -0.941. The summed E-state index contributed by atoms with van der Waals surface area (Å²) in [5.41, 5.74) is 2.62. The summed E-state index contributed by atoms with van der Waals surface area (Å²) in [5, 5.41) is 19.9. The number of carbonyl (C=O) groups excluding carboxylic acids is 2. The van der Waals surface area contributed by atoms with E-state index in [1.54, 1.807) is 13.8 Å². The highest BCUT2D eigenvalue weighted by molar-refractivity contribution is 5.87. The molecular weight excluding hydrogens is 488 g/mol. The van der Waals surface area contributed by atoms with Crippen molar-refractivity contribution >= 4 is 11.9 Å². The van der Waals surface area contributed by atoms with Gasteiger partial charge in [0, 0.05) is 11.1 Å². The zero-order chi connectivity index (χ0) is 28.3. The molecule has 0 bridgehead atoms. The Bertz CT molecular complexity index is 1090. The van der Waals surface area contributed by atoms with Crippen LogP contribution in [0.5, 0.6) is 11.5 Å². The molecule has 2 N–H and O–H groups in total. The topological polar surface area (TPSA) is 112 Å². The zero-order valence-electron chi connectivity index (χ0n) is 22.6. The first-order chi connectivity index (χ1) is 17.9. The van der Waals surface area contributed by atoms with Gasteiger partial charge in [-0.05, 0) is 61.1 Å². The minimum absolute atomic E-state index is 0.000594. The predicted octanol–water partition coefficient (Wildman–Crippen LogP) is 3.92. The van der Waals surface area contributed by atoms with Gasteiger partial charge >= 0.3 is 11.9 Å². The maximum atomic E-state index is 11.4. The average molecular weight is 527 g/mol. The lowest BCUT2D eigenvalue weighted by molar-refractivity contribution is -0.143. The molecule has 2 aromatic carbocycles. The number of esters is 2. The molecule has 8 heteroatoms. The molecule has 0 aromatic heterocycles. The average Bonchev–Trinajstić information content (AvgIpc) is 2.88. The Balaban J connectivity index is 1.82. The molecule has 2 aromatic rings. The molecule has 0 radical (unpaired) electrons. The third-order valence-electron chi connectivity index (χ3n) is 5.60. The fraction of sp³-hybridized carbons (Fsp3) is 0.400. The van der Waals surface area contributed by atoms with E-state index in [1.165, 1.54) is 0 Å². The number of carbonyl (C=O) groups is 2. The molecule has 2 unspecified atom stereocenters. The minimum Gasteiger partial charge on any atom is -0.491 e. The summed E-state index contributed by atoms with van der Waals surface area (Å²) in [6.45, 7) is 14.0. The summed E-state index contributed by atoms with van der Waals surface area (Å²) in [6, 6.07) is 15.3.